The van der Waals surface area contributed by atoms with Crippen molar-refractivity contribution in [1.29, 1.82) is 5.26 Å². The van der Waals surface area contributed by atoms with Crippen LogP contribution in [0.25, 0.3) is 16.7 Å². The number of nitrogen functional groups attached to an aromatic ring is 1. The Morgan fingerprint density at radius 3 is 2.72 bits per heavy atom. The number of anilines is 2. The molecule has 0 aliphatic heterocycles. The van der Waals surface area contributed by atoms with Gasteiger partial charge in [-0.05, 0) is 19.1 Å². The van der Waals surface area contributed by atoms with E-state index in [1.807, 2.05) is 6.07 Å². The van der Waals surface area contributed by atoms with E-state index in [2.05, 4.69) is 25.3 Å². The van der Waals surface area contributed by atoms with Gasteiger partial charge < -0.3 is 11.1 Å². The predicted molar refractivity (Wildman–Crippen MR) is 102 cm³/mol. The van der Waals surface area contributed by atoms with E-state index >= 15 is 0 Å². The van der Waals surface area contributed by atoms with Gasteiger partial charge in [0.25, 0.3) is 0 Å². The summed E-state index contributed by atoms with van der Waals surface area (Å²) >= 11 is 0. The van der Waals surface area contributed by atoms with Gasteiger partial charge >= 0.3 is 0 Å². The molecule has 8 nitrogen and oxygen atoms in total. The maximum atomic E-state index is 13.8. The first kappa shape index (κ1) is 18.2. The summed E-state index contributed by atoms with van der Waals surface area (Å²) in [6.45, 7) is 1.76. The lowest BCUT2D eigenvalue weighted by Crippen LogP contribution is -2.12. The number of nitrogens with one attached hydrogen (secondary N) is 1. The second kappa shape index (κ2) is 7.12. The van der Waals surface area contributed by atoms with Crippen LogP contribution in [-0.4, -0.2) is 24.5 Å². The van der Waals surface area contributed by atoms with E-state index in [1.54, 1.807) is 11.5 Å². The van der Waals surface area contributed by atoms with Gasteiger partial charge in [0.15, 0.2) is 0 Å². The topological polar surface area (TPSA) is 118 Å². The van der Waals surface area contributed by atoms with Crippen molar-refractivity contribution in [2.24, 2.45) is 0 Å². The number of imidazole rings is 1. The van der Waals surface area contributed by atoms with Crippen molar-refractivity contribution in [3.05, 3.63) is 65.4 Å². The van der Waals surface area contributed by atoms with Gasteiger partial charge in [-0.2, -0.15) is 10.2 Å². The number of aryl methyl sites for hydroxylation is 1. The molecule has 144 valence electrons. The Morgan fingerprint density at radius 2 is 1.97 bits per heavy atom. The van der Waals surface area contributed by atoms with Crippen LogP contribution in [0.15, 0.2) is 36.7 Å². The zero-order chi connectivity index (χ0) is 20.5. The van der Waals surface area contributed by atoms with Crippen LogP contribution in [0.5, 0.6) is 0 Å². The Morgan fingerprint density at radius 1 is 1.14 bits per heavy atom. The van der Waals surface area contributed by atoms with Crippen LogP contribution >= 0.6 is 0 Å². The summed E-state index contributed by atoms with van der Waals surface area (Å²) < 4.78 is 29.2. The molecule has 0 saturated carbocycles. The second-order valence-corrected chi connectivity index (χ2v) is 6.21. The molecule has 0 aliphatic carbocycles. The monoisotopic (exact) mass is 392 g/mol. The van der Waals surface area contributed by atoms with Crippen molar-refractivity contribution in [3.63, 3.8) is 0 Å². The zero-order valence-corrected chi connectivity index (χ0v) is 15.2. The number of nitrogens with two attached hydrogens (primary N) is 1. The second-order valence-electron chi connectivity index (χ2n) is 6.21. The van der Waals surface area contributed by atoms with Gasteiger partial charge in [-0.15, -0.1) is 0 Å². The average molecular weight is 392 g/mol. The lowest BCUT2D eigenvalue weighted by molar-refractivity contribution is 0.619. The molecular weight excluding hydrogens is 378 g/mol. The molecule has 3 N–H and O–H groups in total. The third-order valence-electron chi connectivity index (χ3n) is 4.27. The third kappa shape index (κ3) is 3.41. The molecule has 0 aliphatic rings. The summed E-state index contributed by atoms with van der Waals surface area (Å²) in [6, 6.07) is 7.45. The molecule has 0 saturated heterocycles. The number of nitriles is 1. The van der Waals surface area contributed by atoms with Gasteiger partial charge in [-0.1, -0.05) is 0 Å². The molecule has 3 aromatic heterocycles. The highest BCUT2D eigenvalue weighted by atomic mass is 19.1. The predicted octanol–water partition coefficient (Wildman–Crippen LogP) is 2.86. The molecule has 0 radical (unpaired) electrons. The van der Waals surface area contributed by atoms with Gasteiger partial charge in [-0.25, -0.2) is 18.7 Å². The summed E-state index contributed by atoms with van der Waals surface area (Å²) in [5, 5.41) is 12.4. The smallest absolute Gasteiger partial charge is 0.222 e. The highest BCUT2D eigenvalue weighted by molar-refractivity contribution is 5.78. The first-order valence-electron chi connectivity index (χ1n) is 8.52. The zero-order valence-electron chi connectivity index (χ0n) is 15.2. The molecule has 4 aromatic rings. The van der Waals surface area contributed by atoms with Crippen molar-refractivity contribution in [2.75, 3.05) is 11.1 Å². The van der Waals surface area contributed by atoms with Gasteiger partial charge in [0.05, 0.1) is 41.4 Å². The van der Waals surface area contributed by atoms with Crippen LogP contribution in [0, 0.1) is 29.9 Å². The Kier molecular flexibility index (Phi) is 4.48. The number of aromatic nitrogens is 5. The van der Waals surface area contributed by atoms with Crippen molar-refractivity contribution in [1.82, 2.24) is 24.5 Å². The number of fused-ring (bicyclic) bond motifs is 1. The van der Waals surface area contributed by atoms with Crippen LogP contribution in [0.3, 0.4) is 0 Å². The summed E-state index contributed by atoms with van der Waals surface area (Å²) in [6.07, 6.45) is 2.53. The lowest BCUT2D eigenvalue weighted by Gasteiger charge is -2.12. The van der Waals surface area contributed by atoms with Gasteiger partial charge in [-0.3, -0.25) is 9.55 Å². The Labute approximate surface area is 163 Å². The summed E-state index contributed by atoms with van der Waals surface area (Å²) in [5.41, 5.74) is 7.73. The van der Waals surface area contributed by atoms with E-state index in [4.69, 9.17) is 5.73 Å². The number of benzene rings is 1. The fourth-order valence-electron chi connectivity index (χ4n) is 3.05. The van der Waals surface area contributed by atoms with Crippen LogP contribution in [0.2, 0.25) is 0 Å². The van der Waals surface area contributed by atoms with Gasteiger partial charge in [0, 0.05) is 12.1 Å². The van der Waals surface area contributed by atoms with Crippen LogP contribution in [0.4, 0.5) is 20.5 Å². The summed E-state index contributed by atoms with van der Waals surface area (Å²) in [7, 11) is 0. The fraction of sp³-hybridized carbons (Fsp3) is 0.105. The Hall–Kier alpha value is -4.13. The normalized spacial score (nSPS) is 10.8. The molecule has 0 atom stereocenters. The Bertz CT molecular complexity index is 1280. The van der Waals surface area contributed by atoms with E-state index < -0.39 is 11.6 Å². The third-order valence-corrected chi connectivity index (χ3v) is 4.27. The fourth-order valence-corrected chi connectivity index (χ4v) is 3.05. The standard InChI is InChI=1S/C19H14F2N8/c1-10-14(6-22)18(28-19(23)26-10)25-9-17-27-15-3-2-11(20)5-16(15)29(17)13-4-12(21)7-24-8-13/h2-5,7-8H,9H2,1H3,(H3,23,25,26,28). The largest absolute Gasteiger partial charge is 0.368 e. The van der Waals surface area contributed by atoms with Crippen molar-refractivity contribution in [2.45, 2.75) is 13.5 Å². The van der Waals surface area contributed by atoms with E-state index in [-0.39, 0.29) is 23.9 Å². The molecule has 0 amide bonds. The molecule has 10 heteroatoms. The minimum atomic E-state index is -0.536. The first-order chi connectivity index (χ1) is 14.0. The quantitative estimate of drug-likeness (QED) is 0.548. The minimum absolute atomic E-state index is 0.0221. The molecule has 1 aromatic carbocycles. The lowest BCUT2D eigenvalue weighted by atomic mass is 10.2. The number of nitrogens with zero attached hydrogens (tertiary/aromatic N) is 6. The molecule has 0 fully saturated rings. The van der Waals surface area contributed by atoms with Crippen molar-refractivity contribution >= 4 is 22.8 Å². The van der Waals surface area contributed by atoms with Gasteiger partial charge in [0.2, 0.25) is 5.95 Å². The van der Waals surface area contributed by atoms with Crippen molar-refractivity contribution < 1.29 is 8.78 Å². The maximum absolute atomic E-state index is 13.8. The van der Waals surface area contributed by atoms with E-state index in [9.17, 15) is 14.0 Å². The van der Waals surface area contributed by atoms with E-state index in [0.717, 1.165) is 6.20 Å². The SMILES string of the molecule is Cc1nc(N)nc(NCc2nc3ccc(F)cc3n2-c2cncc(F)c2)c1C#N. The number of halogens is 2. The molecule has 0 spiro atoms. The summed E-state index contributed by atoms with van der Waals surface area (Å²) in [5.74, 6) is -0.274. The number of hydrogen-bond donors (Lipinski definition) is 2. The Balaban J connectivity index is 1.81. The van der Waals surface area contributed by atoms with Crippen LogP contribution in [0.1, 0.15) is 17.1 Å². The van der Waals surface area contributed by atoms with Gasteiger partial charge in [0.1, 0.15) is 34.9 Å². The molecule has 3 heterocycles. The molecule has 0 unspecified atom stereocenters. The molecule has 0 bridgehead atoms. The highest BCUT2D eigenvalue weighted by Crippen LogP contribution is 2.24. The van der Waals surface area contributed by atoms with Crippen LogP contribution < -0.4 is 11.1 Å². The first-order valence-corrected chi connectivity index (χ1v) is 8.52. The number of hydrogen-bond acceptors (Lipinski definition) is 7. The molecule has 4 rings (SSSR count). The minimum Gasteiger partial charge on any atom is -0.368 e. The maximum Gasteiger partial charge on any atom is 0.222 e. The summed E-state index contributed by atoms with van der Waals surface area (Å²) in [4.78, 5) is 16.4. The number of pyridine rings is 1. The van der Waals surface area contributed by atoms with E-state index in [1.165, 1.54) is 30.5 Å². The average Bonchev–Trinajstić information content (AvgIpc) is 3.03. The number of rotatable bonds is 4. The molecular formula is C19H14F2N8. The highest BCUT2D eigenvalue weighted by Gasteiger charge is 2.16. The van der Waals surface area contributed by atoms with Crippen molar-refractivity contribution in [3.8, 4) is 11.8 Å². The van der Waals surface area contributed by atoms with E-state index in [0.29, 0.717) is 28.2 Å². The van der Waals surface area contributed by atoms with Crippen LogP contribution in [-0.2, 0) is 6.54 Å². The molecule has 29 heavy (non-hydrogen) atoms.